The van der Waals surface area contributed by atoms with E-state index in [1.807, 2.05) is 29.9 Å². The molecule has 1 aliphatic rings. The Morgan fingerprint density at radius 1 is 1.29 bits per heavy atom. The van der Waals surface area contributed by atoms with Gasteiger partial charge >= 0.3 is 0 Å². The zero-order chi connectivity index (χ0) is 19.1. The first kappa shape index (κ1) is 22.3. The van der Waals surface area contributed by atoms with Crippen LogP contribution in [0.1, 0.15) is 19.0 Å². The van der Waals surface area contributed by atoms with E-state index in [1.54, 1.807) is 13.3 Å². The molecule has 1 fully saturated rings. The third-order valence-corrected chi connectivity index (χ3v) is 4.94. The number of halogens is 1. The molecule has 2 aromatic rings. The first-order valence-corrected chi connectivity index (χ1v) is 9.58. The number of benzene rings is 1. The maximum atomic E-state index is 5.51. The maximum Gasteiger partial charge on any atom is 0.191 e. The molecule has 1 unspecified atom stereocenters. The second-order valence-electron chi connectivity index (χ2n) is 6.79. The second-order valence-corrected chi connectivity index (χ2v) is 6.79. The molecular weight excluding hydrogens is 467 g/mol. The van der Waals surface area contributed by atoms with Gasteiger partial charge in [0.1, 0.15) is 5.75 Å². The molecular formula is C20H31IN6O. The van der Waals surface area contributed by atoms with Gasteiger partial charge in [0.2, 0.25) is 0 Å². The predicted molar refractivity (Wildman–Crippen MR) is 125 cm³/mol. The minimum Gasteiger partial charge on any atom is -0.495 e. The van der Waals surface area contributed by atoms with Crippen molar-refractivity contribution in [2.24, 2.45) is 18.0 Å². The zero-order valence-electron chi connectivity index (χ0n) is 16.9. The smallest absolute Gasteiger partial charge is 0.191 e. The highest BCUT2D eigenvalue weighted by atomic mass is 127. The molecule has 0 bridgehead atoms. The van der Waals surface area contributed by atoms with Crippen LogP contribution in [0.4, 0.5) is 5.69 Å². The number of aliphatic imine (C=N–C) groups is 1. The molecule has 0 aliphatic carbocycles. The van der Waals surface area contributed by atoms with Crippen LogP contribution in [-0.2, 0) is 13.6 Å². The number of para-hydroxylation sites is 2. The fourth-order valence-corrected chi connectivity index (χ4v) is 3.41. The molecule has 0 radical (unpaired) electrons. The fraction of sp³-hybridized carbons (Fsp3) is 0.500. The summed E-state index contributed by atoms with van der Waals surface area (Å²) >= 11 is 0. The predicted octanol–water partition coefficient (Wildman–Crippen LogP) is 2.63. The lowest BCUT2D eigenvalue weighted by Gasteiger charge is -2.21. The highest BCUT2D eigenvalue weighted by Gasteiger charge is 2.24. The van der Waals surface area contributed by atoms with E-state index in [-0.39, 0.29) is 24.0 Å². The number of hydrogen-bond donors (Lipinski definition) is 2. The van der Waals surface area contributed by atoms with Crippen LogP contribution in [0.25, 0.3) is 0 Å². The minimum absolute atomic E-state index is 0. The lowest BCUT2D eigenvalue weighted by Crippen LogP contribution is -2.40. The molecule has 28 heavy (non-hydrogen) atoms. The lowest BCUT2D eigenvalue weighted by atomic mass is 10.1. The van der Waals surface area contributed by atoms with E-state index >= 15 is 0 Å². The largest absolute Gasteiger partial charge is 0.495 e. The minimum atomic E-state index is 0. The molecule has 0 spiro atoms. The molecule has 1 aliphatic heterocycles. The first-order valence-electron chi connectivity index (χ1n) is 9.58. The van der Waals surface area contributed by atoms with Crippen LogP contribution < -0.4 is 20.3 Å². The standard InChI is InChI=1S/C20H30N6O.HI/c1-4-21-20(23-14-17-9-11-24-25(17)2)22-13-16-10-12-26(15-16)18-7-5-6-8-19(18)27-3;/h5-9,11,16H,4,10,12-15H2,1-3H3,(H2,21,22,23);1H. The summed E-state index contributed by atoms with van der Waals surface area (Å²) in [7, 11) is 3.67. The summed E-state index contributed by atoms with van der Waals surface area (Å²) in [4.78, 5) is 7.09. The number of guanidine groups is 1. The van der Waals surface area contributed by atoms with Crippen molar-refractivity contribution < 1.29 is 4.74 Å². The van der Waals surface area contributed by atoms with Gasteiger partial charge in [-0.05, 0) is 37.5 Å². The maximum absolute atomic E-state index is 5.51. The van der Waals surface area contributed by atoms with Crippen LogP contribution in [-0.4, -0.2) is 49.0 Å². The molecule has 8 heteroatoms. The Kier molecular flexibility index (Phi) is 8.88. The summed E-state index contributed by atoms with van der Waals surface area (Å²) in [6.45, 7) is 6.52. The van der Waals surface area contributed by atoms with Gasteiger partial charge in [-0.3, -0.25) is 4.68 Å². The number of methoxy groups -OCH3 is 1. The fourth-order valence-electron chi connectivity index (χ4n) is 3.41. The third kappa shape index (κ3) is 5.76. The molecule has 1 atom stereocenters. The Morgan fingerprint density at radius 2 is 2.11 bits per heavy atom. The average Bonchev–Trinajstić information content (AvgIpc) is 3.33. The normalized spacial score (nSPS) is 16.6. The van der Waals surface area contributed by atoms with E-state index in [0.717, 1.165) is 50.0 Å². The molecule has 2 heterocycles. The van der Waals surface area contributed by atoms with E-state index in [9.17, 15) is 0 Å². The second kappa shape index (κ2) is 11.1. The van der Waals surface area contributed by atoms with Gasteiger partial charge in [0, 0.05) is 39.4 Å². The summed E-state index contributed by atoms with van der Waals surface area (Å²) in [6, 6.07) is 10.2. The van der Waals surface area contributed by atoms with Crippen LogP contribution in [0.3, 0.4) is 0 Å². The number of nitrogens with one attached hydrogen (secondary N) is 2. The van der Waals surface area contributed by atoms with Gasteiger partial charge in [-0.15, -0.1) is 24.0 Å². The molecule has 7 nitrogen and oxygen atoms in total. The van der Waals surface area contributed by atoms with Gasteiger partial charge in [-0.1, -0.05) is 12.1 Å². The third-order valence-electron chi connectivity index (χ3n) is 4.94. The van der Waals surface area contributed by atoms with Crippen LogP contribution in [0, 0.1) is 5.92 Å². The van der Waals surface area contributed by atoms with Crippen molar-refractivity contribution in [3.63, 3.8) is 0 Å². The van der Waals surface area contributed by atoms with Gasteiger partial charge in [0.05, 0.1) is 25.0 Å². The van der Waals surface area contributed by atoms with Crippen LogP contribution in [0.2, 0.25) is 0 Å². The molecule has 154 valence electrons. The number of hydrogen-bond acceptors (Lipinski definition) is 4. The van der Waals surface area contributed by atoms with Crippen LogP contribution in [0.15, 0.2) is 41.5 Å². The Morgan fingerprint density at radius 3 is 2.82 bits per heavy atom. The summed E-state index contributed by atoms with van der Waals surface area (Å²) in [5.41, 5.74) is 2.27. The van der Waals surface area contributed by atoms with Crippen molar-refractivity contribution in [2.75, 3.05) is 38.2 Å². The summed E-state index contributed by atoms with van der Waals surface area (Å²) in [6.07, 6.45) is 2.96. The zero-order valence-corrected chi connectivity index (χ0v) is 19.2. The van der Waals surface area contributed by atoms with E-state index in [0.29, 0.717) is 12.5 Å². The topological polar surface area (TPSA) is 66.7 Å². The molecule has 0 amide bonds. The monoisotopic (exact) mass is 498 g/mol. The number of aromatic nitrogens is 2. The van der Waals surface area contributed by atoms with Gasteiger partial charge in [0.15, 0.2) is 5.96 Å². The van der Waals surface area contributed by atoms with E-state index in [4.69, 9.17) is 4.74 Å². The van der Waals surface area contributed by atoms with Gasteiger partial charge in [0.25, 0.3) is 0 Å². The highest BCUT2D eigenvalue weighted by Crippen LogP contribution is 2.31. The average molecular weight is 498 g/mol. The van der Waals surface area contributed by atoms with Crippen LogP contribution >= 0.6 is 24.0 Å². The molecule has 1 aromatic carbocycles. The molecule has 1 aromatic heterocycles. The van der Waals surface area contributed by atoms with Crippen molar-refractivity contribution >= 4 is 35.6 Å². The molecule has 3 rings (SSSR count). The molecule has 2 N–H and O–H groups in total. The number of rotatable bonds is 7. The number of anilines is 1. The van der Waals surface area contributed by atoms with E-state index in [1.165, 1.54) is 5.69 Å². The van der Waals surface area contributed by atoms with Gasteiger partial charge in [-0.2, -0.15) is 5.10 Å². The van der Waals surface area contributed by atoms with Crippen molar-refractivity contribution in [1.82, 2.24) is 20.4 Å². The Balaban J connectivity index is 0.00000280. The SMILES string of the molecule is CCNC(=NCc1ccnn1C)NCC1CCN(c2ccccc2OC)C1.I. The van der Waals surface area contributed by atoms with Gasteiger partial charge in [-0.25, -0.2) is 4.99 Å². The lowest BCUT2D eigenvalue weighted by molar-refractivity contribution is 0.414. The van der Waals surface area contributed by atoms with Crippen molar-refractivity contribution in [2.45, 2.75) is 19.9 Å². The van der Waals surface area contributed by atoms with E-state index < -0.39 is 0 Å². The molecule has 1 saturated heterocycles. The number of aryl methyl sites for hydroxylation is 1. The van der Waals surface area contributed by atoms with Crippen molar-refractivity contribution in [3.05, 3.63) is 42.2 Å². The van der Waals surface area contributed by atoms with Gasteiger partial charge < -0.3 is 20.3 Å². The Hall–Kier alpha value is -1.97. The highest BCUT2D eigenvalue weighted by molar-refractivity contribution is 14.0. The summed E-state index contributed by atoms with van der Waals surface area (Å²) in [5, 5.41) is 11.0. The Labute approximate surface area is 184 Å². The first-order chi connectivity index (χ1) is 13.2. The number of ether oxygens (including phenoxy) is 1. The quantitative estimate of drug-likeness (QED) is 0.349. The van der Waals surface area contributed by atoms with Crippen LogP contribution in [0.5, 0.6) is 5.75 Å². The van der Waals surface area contributed by atoms with E-state index in [2.05, 4.69) is 44.7 Å². The summed E-state index contributed by atoms with van der Waals surface area (Å²) in [5.74, 6) is 2.38. The molecule has 0 saturated carbocycles. The Bertz CT molecular complexity index is 763. The summed E-state index contributed by atoms with van der Waals surface area (Å²) < 4.78 is 7.36. The van der Waals surface area contributed by atoms with Crippen molar-refractivity contribution in [1.29, 1.82) is 0 Å². The van der Waals surface area contributed by atoms with Crippen molar-refractivity contribution in [3.8, 4) is 5.75 Å². The number of nitrogens with zero attached hydrogens (tertiary/aromatic N) is 4.